The van der Waals surface area contributed by atoms with E-state index in [9.17, 15) is 4.79 Å². The summed E-state index contributed by atoms with van der Waals surface area (Å²) in [5, 5.41) is 14.5. The number of hydrogen-bond donors (Lipinski definition) is 0. The molecule has 8 heteroatoms. The van der Waals surface area contributed by atoms with E-state index >= 15 is 0 Å². The first kappa shape index (κ1) is 18.8. The smallest absolute Gasteiger partial charge is 0.250 e. The van der Waals surface area contributed by atoms with E-state index < -0.39 is 0 Å². The Morgan fingerprint density at radius 3 is 2.55 bits per heavy atom. The number of hydrogen-bond acceptors (Lipinski definition) is 6. The number of nitrogens with zero attached hydrogens (tertiary/aromatic N) is 5. The van der Waals surface area contributed by atoms with Gasteiger partial charge in [0, 0.05) is 16.1 Å². The topological polar surface area (TPSA) is 73.1 Å². The Hall–Kier alpha value is -3.52. The van der Waals surface area contributed by atoms with Crippen molar-refractivity contribution in [3.63, 3.8) is 0 Å². The van der Waals surface area contributed by atoms with Gasteiger partial charge in [-0.25, -0.2) is 0 Å². The largest absolute Gasteiger partial charge is 0.497 e. The first-order chi connectivity index (χ1) is 14.2. The molecule has 0 radical (unpaired) electrons. The lowest BCUT2D eigenvalue weighted by molar-refractivity contribution is -0.119. The van der Waals surface area contributed by atoms with Crippen molar-refractivity contribution in [3.8, 4) is 17.1 Å². The average Bonchev–Trinajstić information content (AvgIpc) is 3.45. The molecule has 0 saturated heterocycles. The van der Waals surface area contributed by atoms with Crippen molar-refractivity contribution in [3.05, 3.63) is 77.0 Å². The van der Waals surface area contributed by atoms with Gasteiger partial charge in [0.15, 0.2) is 0 Å². The van der Waals surface area contributed by atoms with Gasteiger partial charge in [-0.15, -0.1) is 21.5 Å². The minimum absolute atomic E-state index is 0.00274. The lowest BCUT2D eigenvalue weighted by Gasteiger charge is -2.22. The van der Waals surface area contributed by atoms with Crippen molar-refractivity contribution in [2.45, 2.75) is 13.1 Å². The highest BCUT2D eigenvalue weighted by atomic mass is 32.1. The lowest BCUT2D eigenvalue weighted by atomic mass is 10.2. The molecule has 4 aromatic rings. The van der Waals surface area contributed by atoms with Crippen LogP contribution in [0.2, 0.25) is 0 Å². The molecule has 0 atom stereocenters. The fourth-order valence-corrected chi connectivity index (χ4v) is 3.56. The van der Waals surface area contributed by atoms with E-state index in [1.54, 1.807) is 23.3 Å². The molecule has 0 aliphatic rings. The summed E-state index contributed by atoms with van der Waals surface area (Å²) in [6, 6.07) is 21.0. The van der Waals surface area contributed by atoms with E-state index in [0.717, 1.165) is 21.9 Å². The third-order valence-electron chi connectivity index (χ3n) is 4.34. The number of anilines is 1. The third-order valence-corrected chi connectivity index (χ3v) is 5.20. The third kappa shape index (κ3) is 4.49. The standard InChI is InChI=1S/C21H19N5O2S/c1-28-18-11-9-17(10-12-18)25(14-19-8-5-13-29-19)20(27)15-26-23-21(22-24-26)16-6-3-2-4-7-16/h2-13H,14-15H2,1H3. The predicted molar refractivity (Wildman–Crippen MR) is 112 cm³/mol. The summed E-state index contributed by atoms with van der Waals surface area (Å²) in [5.41, 5.74) is 1.64. The Bertz CT molecular complexity index is 1060. The number of rotatable bonds is 7. The summed E-state index contributed by atoms with van der Waals surface area (Å²) in [4.78, 5) is 17.2. The zero-order valence-electron chi connectivity index (χ0n) is 15.8. The molecular formula is C21H19N5O2S. The maximum Gasteiger partial charge on any atom is 0.250 e. The second-order valence-corrected chi connectivity index (χ2v) is 7.30. The van der Waals surface area contributed by atoms with Gasteiger partial charge in [0.25, 0.3) is 5.91 Å². The maximum atomic E-state index is 13.1. The molecule has 0 aliphatic heterocycles. The average molecular weight is 405 g/mol. The Balaban J connectivity index is 1.55. The quantitative estimate of drug-likeness (QED) is 0.469. The van der Waals surface area contributed by atoms with Crippen LogP contribution in [0.15, 0.2) is 72.1 Å². The van der Waals surface area contributed by atoms with Gasteiger partial charge in [0.2, 0.25) is 5.82 Å². The first-order valence-electron chi connectivity index (χ1n) is 9.03. The highest BCUT2D eigenvalue weighted by Crippen LogP contribution is 2.23. The summed E-state index contributed by atoms with van der Waals surface area (Å²) >= 11 is 1.61. The molecule has 0 unspecified atom stereocenters. The molecule has 29 heavy (non-hydrogen) atoms. The van der Waals surface area contributed by atoms with Crippen molar-refractivity contribution >= 4 is 22.9 Å². The molecule has 0 fully saturated rings. The molecule has 2 aromatic carbocycles. The van der Waals surface area contributed by atoms with E-state index in [0.29, 0.717) is 12.4 Å². The molecule has 4 rings (SSSR count). The number of aromatic nitrogens is 4. The van der Waals surface area contributed by atoms with E-state index in [1.807, 2.05) is 72.1 Å². The van der Waals surface area contributed by atoms with E-state index in [1.165, 1.54) is 4.80 Å². The summed E-state index contributed by atoms with van der Waals surface area (Å²) in [5.74, 6) is 1.11. The maximum absolute atomic E-state index is 13.1. The molecule has 2 aromatic heterocycles. The van der Waals surface area contributed by atoms with E-state index in [-0.39, 0.29) is 12.5 Å². The van der Waals surface area contributed by atoms with Crippen LogP contribution >= 0.6 is 11.3 Å². The number of ether oxygens (including phenoxy) is 1. The van der Waals surface area contributed by atoms with Crippen molar-refractivity contribution in [1.82, 2.24) is 20.2 Å². The van der Waals surface area contributed by atoms with Gasteiger partial charge >= 0.3 is 0 Å². The van der Waals surface area contributed by atoms with Gasteiger partial charge in [-0.05, 0) is 40.9 Å². The Morgan fingerprint density at radius 2 is 1.86 bits per heavy atom. The molecule has 7 nitrogen and oxygen atoms in total. The molecule has 1 amide bonds. The van der Waals surface area contributed by atoms with Crippen molar-refractivity contribution in [2.24, 2.45) is 0 Å². The molecule has 2 heterocycles. The van der Waals surface area contributed by atoms with Crippen LogP contribution in [0.25, 0.3) is 11.4 Å². The monoisotopic (exact) mass is 405 g/mol. The SMILES string of the molecule is COc1ccc(N(Cc2cccs2)C(=O)Cn2nnc(-c3ccccc3)n2)cc1. The zero-order chi connectivity index (χ0) is 20.1. The van der Waals surface area contributed by atoms with Crippen LogP contribution in [-0.2, 0) is 17.9 Å². The first-order valence-corrected chi connectivity index (χ1v) is 9.91. The lowest BCUT2D eigenvalue weighted by Crippen LogP contribution is -2.33. The number of carbonyl (C=O) groups is 1. The summed E-state index contributed by atoms with van der Waals surface area (Å²) in [6.07, 6.45) is 0. The number of tetrazole rings is 1. The van der Waals surface area contributed by atoms with E-state index in [2.05, 4.69) is 15.4 Å². The molecule has 0 bridgehead atoms. The van der Waals surface area contributed by atoms with Gasteiger partial charge in [0.1, 0.15) is 12.3 Å². The zero-order valence-corrected chi connectivity index (χ0v) is 16.6. The van der Waals surface area contributed by atoms with Crippen LogP contribution in [0.1, 0.15) is 4.88 Å². The van der Waals surface area contributed by atoms with Gasteiger partial charge in [0.05, 0.1) is 13.7 Å². The van der Waals surface area contributed by atoms with Gasteiger partial charge in [-0.1, -0.05) is 36.4 Å². The van der Waals surface area contributed by atoms with Crippen LogP contribution in [0.5, 0.6) is 5.75 Å². The Kier molecular flexibility index (Phi) is 5.62. The van der Waals surface area contributed by atoms with Gasteiger partial charge in [-0.3, -0.25) is 4.79 Å². The van der Waals surface area contributed by atoms with Crippen molar-refractivity contribution in [2.75, 3.05) is 12.0 Å². The Morgan fingerprint density at radius 1 is 1.07 bits per heavy atom. The fraction of sp³-hybridized carbons (Fsp3) is 0.143. The minimum Gasteiger partial charge on any atom is -0.497 e. The predicted octanol–water partition coefficient (Wildman–Crippen LogP) is 3.64. The molecule has 0 saturated carbocycles. The second-order valence-electron chi connectivity index (χ2n) is 6.27. The van der Waals surface area contributed by atoms with Crippen LogP contribution < -0.4 is 9.64 Å². The summed E-state index contributed by atoms with van der Waals surface area (Å²) in [6.45, 7) is 0.473. The molecule has 146 valence electrons. The number of methoxy groups -OCH3 is 1. The molecule has 0 N–H and O–H groups in total. The van der Waals surface area contributed by atoms with Crippen molar-refractivity contribution < 1.29 is 9.53 Å². The second kappa shape index (κ2) is 8.66. The van der Waals surface area contributed by atoms with Gasteiger partial charge in [-0.2, -0.15) is 4.80 Å². The number of carbonyl (C=O) groups excluding carboxylic acids is 1. The summed E-state index contributed by atoms with van der Waals surface area (Å²) < 4.78 is 5.22. The van der Waals surface area contributed by atoms with Crippen LogP contribution in [0.3, 0.4) is 0 Å². The number of amides is 1. The number of benzene rings is 2. The van der Waals surface area contributed by atoms with E-state index in [4.69, 9.17) is 4.74 Å². The van der Waals surface area contributed by atoms with Crippen LogP contribution in [0, 0.1) is 0 Å². The summed E-state index contributed by atoms with van der Waals surface area (Å²) in [7, 11) is 1.62. The number of thiophene rings is 1. The van der Waals surface area contributed by atoms with Crippen LogP contribution in [0.4, 0.5) is 5.69 Å². The normalized spacial score (nSPS) is 10.7. The molecular weight excluding hydrogens is 386 g/mol. The highest BCUT2D eigenvalue weighted by molar-refractivity contribution is 7.09. The molecule has 0 aliphatic carbocycles. The Labute approximate surface area is 172 Å². The fourth-order valence-electron chi connectivity index (χ4n) is 2.86. The van der Waals surface area contributed by atoms with Crippen molar-refractivity contribution in [1.29, 1.82) is 0 Å². The highest BCUT2D eigenvalue weighted by Gasteiger charge is 2.19. The molecule has 0 spiro atoms. The minimum atomic E-state index is -0.124. The van der Waals surface area contributed by atoms with Gasteiger partial charge < -0.3 is 9.64 Å². The van der Waals surface area contributed by atoms with Crippen LogP contribution in [-0.4, -0.2) is 33.2 Å².